The summed E-state index contributed by atoms with van der Waals surface area (Å²) >= 11 is 1.44. The molecule has 138 valence electrons. The van der Waals surface area contributed by atoms with Crippen molar-refractivity contribution in [3.8, 4) is 0 Å². The normalized spacial score (nSPS) is 14.1. The zero-order chi connectivity index (χ0) is 18.2. The van der Waals surface area contributed by atoms with E-state index in [1.807, 2.05) is 25.1 Å². The van der Waals surface area contributed by atoms with Crippen molar-refractivity contribution in [1.82, 2.24) is 20.1 Å². The number of rotatable bonds is 8. The fraction of sp³-hybridized carbons (Fsp3) is 0.450. The van der Waals surface area contributed by atoms with Gasteiger partial charge in [-0.05, 0) is 44.6 Å². The van der Waals surface area contributed by atoms with Gasteiger partial charge in [0.05, 0.1) is 12.3 Å². The van der Waals surface area contributed by atoms with Gasteiger partial charge in [0.2, 0.25) is 5.91 Å². The van der Waals surface area contributed by atoms with Gasteiger partial charge in [0, 0.05) is 6.54 Å². The van der Waals surface area contributed by atoms with Crippen molar-refractivity contribution in [3.63, 3.8) is 0 Å². The van der Waals surface area contributed by atoms with Gasteiger partial charge in [-0.2, -0.15) is 0 Å². The van der Waals surface area contributed by atoms with Crippen molar-refractivity contribution in [2.24, 2.45) is 0 Å². The van der Waals surface area contributed by atoms with Crippen molar-refractivity contribution in [3.05, 3.63) is 53.4 Å². The van der Waals surface area contributed by atoms with Crippen LogP contribution < -0.4 is 5.32 Å². The Bertz CT molecular complexity index is 754. The van der Waals surface area contributed by atoms with E-state index in [-0.39, 0.29) is 5.91 Å². The fourth-order valence-corrected chi connectivity index (χ4v) is 3.90. The minimum Gasteiger partial charge on any atom is -0.355 e. The number of aryl methyl sites for hydroxylation is 1. The molecule has 0 aliphatic heterocycles. The van der Waals surface area contributed by atoms with Crippen LogP contribution in [0.25, 0.3) is 0 Å². The van der Waals surface area contributed by atoms with Crippen molar-refractivity contribution in [2.75, 3.05) is 12.3 Å². The van der Waals surface area contributed by atoms with Crippen molar-refractivity contribution < 1.29 is 4.79 Å². The van der Waals surface area contributed by atoms with E-state index >= 15 is 0 Å². The van der Waals surface area contributed by atoms with Crippen molar-refractivity contribution >= 4 is 17.7 Å². The Morgan fingerprint density at radius 2 is 2.08 bits per heavy atom. The van der Waals surface area contributed by atoms with Gasteiger partial charge in [-0.15, -0.1) is 10.2 Å². The minimum absolute atomic E-state index is 0.0540. The molecule has 0 fully saturated rings. The Morgan fingerprint density at radius 3 is 2.85 bits per heavy atom. The summed E-state index contributed by atoms with van der Waals surface area (Å²) < 4.78 is 2.06. The van der Waals surface area contributed by atoms with Gasteiger partial charge < -0.3 is 9.88 Å². The number of carbonyl (C=O) groups is 1. The number of hydrogen-bond acceptors (Lipinski definition) is 4. The molecule has 1 aliphatic rings. The summed E-state index contributed by atoms with van der Waals surface area (Å²) in [6.45, 7) is 3.39. The molecule has 5 nitrogen and oxygen atoms in total. The van der Waals surface area contributed by atoms with Gasteiger partial charge in [0.25, 0.3) is 0 Å². The molecule has 1 aromatic carbocycles. The van der Waals surface area contributed by atoms with Crippen LogP contribution in [0.1, 0.15) is 43.5 Å². The largest absolute Gasteiger partial charge is 0.355 e. The summed E-state index contributed by atoms with van der Waals surface area (Å²) in [5.74, 6) is 1.28. The number of aromatic nitrogens is 3. The summed E-state index contributed by atoms with van der Waals surface area (Å²) in [6.07, 6.45) is 8.27. The summed E-state index contributed by atoms with van der Waals surface area (Å²) in [5, 5.41) is 12.2. The monoisotopic (exact) mass is 370 g/mol. The molecule has 1 heterocycles. The number of hydrogen-bond donors (Lipinski definition) is 1. The first kappa shape index (κ1) is 18.7. The molecule has 0 saturated heterocycles. The van der Waals surface area contributed by atoms with Crippen LogP contribution in [-0.2, 0) is 11.3 Å². The molecule has 0 radical (unpaired) electrons. The zero-order valence-electron chi connectivity index (χ0n) is 15.3. The lowest BCUT2D eigenvalue weighted by atomic mass is 9.97. The van der Waals surface area contributed by atoms with E-state index < -0.39 is 0 Å². The van der Waals surface area contributed by atoms with Gasteiger partial charge in [0.15, 0.2) is 5.16 Å². The molecule has 6 heteroatoms. The molecule has 0 spiro atoms. The Hall–Kier alpha value is -2.08. The van der Waals surface area contributed by atoms with Crippen LogP contribution in [0.5, 0.6) is 0 Å². The second kappa shape index (κ2) is 9.57. The number of allylic oxidation sites excluding steroid dienone is 1. The number of benzene rings is 1. The standard InChI is InChI=1S/C20H26N4OS/c1-16-22-23-20(24(16)14-18-10-6-3-7-11-18)26-15-19(25)21-13-12-17-8-4-2-5-9-17/h3,6-8,10-11H,2,4-5,9,12-15H2,1H3,(H,21,25). The number of nitrogens with zero attached hydrogens (tertiary/aromatic N) is 3. The first-order chi connectivity index (χ1) is 12.7. The maximum Gasteiger partial charge on any atom is 0.230 e. The van der Waals surface area contributed by atoms with E-state index in [9.17, 15) is 4.79 Å². The Kier molecular flexibility index (Phi) is 6.89. The van der Waals surface area contributed by atoms with E-state index in [2.05, 4.69) is 38.3 Å². The van der Waals surface area contributed by atoms with Crippen LogP contribution in [0.2, 0.25) is 0 Å². The molecule has 0 bridgehead atoms. The van der Waals surface area contributed by atoms with E-state index in [0.29, 0.717) is 5.75 Å². The Labute approximate surface area is 159 Å². The number of carbonyl (C=O) groups excluding carboxylic acids is 1. The predicted octanol–water partition coefficient (Wildman–Crippen LogP) is 3.73. The molecule has 0 unspecified atom stereocenters. The van der Waals surface area contributed by atoms with E-state index in [1.54, 1.807) is 0 Å². The average molecular weight is 371 g/mol. The molecule has 2 aromatic rings. The second-order valence-electron chi connectivity index (χ2n) is 6.60. The molecular formula is C20H26N4OS. The Balaban J connectivity index is 1.47. The highest BCUT2D eigenvalue weighted by Crippen LogP contribution is 2.20. The lowest BCUT2D eigenvalue weighted by Gasteiger charge is -2.13. The first-order valence-corrected chi connectivity index (χ1v) is 10.2. The highest BCUT2D eigenvalue weighted by Gasteiger charge is 2.12. The molecule has 3 rings (SSSR count). The second-order valence-corrected chi connectivity index (χ2v) is 7.54. The summed E-state index contributed by atoms with van der Waals surface area (Å²) in [5.41, 5.74) is 2.69. The van der Waals surface area contributed by atoms with Gasteiger partial charge in [0.1, 0.15) is 5.82 Å². The molecule has 0 saturated carbocycles. The van der Waals surface area contributed by atoms with E-state index in [1.165, 1.54) is 48.6 Å². The first-order valence-electron chi connectivity index (χ1n) is 9.23. The molecule has 0 atom stereocenters. The maximum absolute atomic E-state index is 12.1. The lowest BCUT2D eigenvalue weighted by Crippen LogP contribution is -2.26. The molecule has 1 N–H and O–H groups in total. The van der Waals surface area contributed by atoms with Gasteiger partial charge in [-0.1, -0.05) is 53.7 Å². The molecule has 26 heavy (non-hydrogen) atoms. The third-order valence-corrected chi connectivity index (χ3v) is 5.54. The van der Waals surface area contributed by atoms with Crippen molar-refractivity contribution in [2.45, 2.75) is 50.7 Å². The van der Waals surface area contributed by atoms with E-state index in [0.717, 1.165) is 30.5 Å². The van der Waals surface area contributed by atoms with Crippen LogP contribution >= 0.6 is 11.8 Å². The molecular weight excluding hydrogens is 344 g/mol. The average Bonchev–Trinajstić information content (AvgIpc) is 3.01. The quantitative estimate of drug-likeness (QED) is 0.568. The Morgan fingerprint density at radius 1 is 1.23 bits per heavy atom. The molecule has 1 aromatic heterocycles. The lowest BCUT2D eigenvalue weighted by molar-refractivity contribution is -0.118. The minimum atomic E-state index is 0.0540. The summed E-state index contributed by atoms with van der Waals surface area (Å²) in [6, 6.07) is 10.2. The fourth-order valence-electron chi connectivity index (χ4n) is 3.09. The predicted molar refractivity (Wildman–Crippen MR) is 105 cm³/mol. The number of nitrogens with one attached hydrogen (secondary N) is 1. The molecule has 1 amide bonds. The number of thioether (sulfide) groups is 1. The van der Waals surface area contributed by atoms with Crippen LogP contribution in [-0.4, -0.2) is 33.0 Å². The summed E-state index contributed by atoms with van der Waals surface area (Å²) in [4.78, 5) is 12.1. The van der Waals surface area contributed by atoms with Crippen LogP contribution in [0.15, 0.2) is 47.1 Å². The van der Waals surface area contributed by atoms with Crippen LogP contribution in [0, 0.1) is 6.92 Å². The third kappa shape index (κ3) is 5.46. The van der Waals surface area contributed by atoms with Crippen LogP contribution in [0.4, 0.5) is 0 Å². The highest BCUT2D eigenvalue weighted by molar-refractivity contribution is 7.99. The van der Waals surface area contributed by atoms with Gasteiger partial charge in [-0.25, -0.2) is 0 Å². The third-order valence-electron chi connectivity index (χ3n) is 4.57. The summed E-state index contributed by atoms with van der Waals surface area (Å²) in [7, 11) is 0. The van der Waals surface area contributed by atoms with Crippen molar-refractivity contribution in [1.29, 1.82) is 0 Å². The van der Waals surface area contributed by atoms with Crippen LogP contribution in [0.3, 0.4) is 0 Å². The maximum atomic E-state index is 12.1. The van der Waals surface area contributed by atoms with Gasteiger partial charge >= 0.3 is 0 Å². The molecule has 1 aliphatic carbocycles. The van der Waals surface area contributed by atoms with E-state index in [4.69, 9.17) is 0 Å². The zero-order valence-corrected chi connectivity index (χ0v) is 16.1. The SMILES string of the molecule is Cc1nnc(SCC(=O)NCCC2=CCCCC2)n1Cc1ccccc1. The topological polar surface area (TPSA) is 59.8 Å². The van der Waals surface area contributed by atoms with Gasteiger partial charge in [-0.3, -0.25) is 4.79 Å². The smallest absolute Gasteiger partial charge is 0.230 e. The number of amides is 1. The highest BCUT2D eigenvalue weighted by atomic mass is 32.2.